The molecule has 8 nitrogen and oxygen atoms in total. The second-order valence-corrected chi connectivity index (χ2v) is 5.06. The molecular formula is C10H7N2O6S-. The molecule has 0 atom stereocenters. The van der Waals surface area contributed by atoms with E-state index < -0.39 is 26.9 Å². The van der Waals surface area contributed by atoms with Gasteiger partial charge in [0, 0.05) is 0 Å². The highest BCUT2D eigenvalue weighted by molar-refractivity contribution is 7.85. The Balaban J connectivity index is 2.34. The number of carboxylic acid groups (broad SMARTS) is 1. The van der Waals surface area contributed by atoms with Gasteiger partial charge < -0.3 is 9.66 Å². The van der Waals surface area contributed by atoms with Gasteiger partial charge in [0.2, 0.25) is 0 Å². The van der Waals surface area contributed by atoms with Crippen LogP contribution in [0.2, 0.25) is 0 Å². The Morgan fingerprint density at radius 2 is 1.89 bits per heavy atom. The molecule has 1 aromatic rings. The van der Waals surface area contributed by atoms with Crippen LogP contribution in [0.3, 0.4) is 0 Å². The molecule has 19 heavy (non-hydrogen) atoms. The Hall–Kier alpha value is -2.26. The first-order chi connectivity index (χ1) is 8.79. The highest BCUT2D eigenvalue weighted by Crippen LogP contribution is 2.22. The van der Waals surface area contributed by atoms with Crippen molar-refractivity contribution in [2.45, 2.75) is 11.3 Å². The number of carboxylic acids is 1. The van der Waals surface area contributed by atoms with E-state index in [1.54, 1.807) is 0 Å². The maximum Gasteiger partial charge on any atom is 0.352 e. The molecule has 1 aliphatic heterocycles. The molecule has 1 heterocycles. The van der Waals surface area contributed by atoms with E-state index in [1.807, 2.05) is 0 Å². The van der Waals surface area contributed by atoms with Crippen LogP contribution in [0, 0.1) is 0 Å². The van der Waals surface area contributed by atoms with E-state index in [2.05, 4.69) is 5.10 Å². The van der Waals surface area contributed by atoms with E-state index in [-0.39, 0.29) is 17.8 Å². The molecule has 0 aromatic heterocycles. The van der Waals surface area contributed by atoms with E-state index in [1.165, 1.54) is 12.1 Å². The van der Waals surface area contributed by atoms with Gasteiger partial charge in [0.1, 0.15) is 10.1 Å². The molecule has 0 aliphatic carbocycles. The summed E-state index contributed by atoms with van der Waals surface area (Å²) >= 11 is 0. The smallest absolute Gasteiger partial charge is 0.352 e. The van der Waals surface area contributed by atoms with Gasteiger partial charge in [-0.2, -0.15) is 10.1 Å². The molecule has 2 rings (SSSR count). The molecule has 0 radical (unpaired) electrons. The molecule has 100 valence electrons. The van der Waals surface area contributed by atoms with Crippen LogP contribution in [-0.2, 0) is 19.7 Å². The molecule has 1 amide bonds. The van der Waals surface area contributed by atoms with Gasteiger partial charge in [-0.1, -0.05) is 0 Å². The van der Waals surface area contributed by atoms with Crippen molar-refractivity contribution in [3.8, 4) is 0 Å². The third-order valence-corrected chi connectivity index (χ3v) is 3.24. The number of benzene rings is 1. The van der Waals surface area contributed by atoms with Crippen LogP contribution >= 0.6 is 0 Å². The number of hydrogen-bond acceptors (Lipinski definition) is 6. The van der Waals surface area contributed by atoms with Crippen molar-refractivity contribution < 1.29 is 27.7 Å². The Morgan fingerprint density at radius 1 is 1.32 bits per heavy atom. The van der Waals surface area contributed by atoms with Crippen LogP contribution in [0.25, 0.3) is 0 Å². The van der Waals surface area contributed by atoms with Gasteiger partial charge in [-0.15, -0.1) is 0 Å². The van der Waals surface area contributed by atoms with E-state index in [4.69, 9.17) is 5.11 Å². The SMILES string of the molecule is O=C(O)C1=NN(c2ccc(S(=O)(=O)[O-])cc2)C(=O)C1. The molecule has 1 N–H and O–H groups in total. The minimum Gasteiger partial charge on any atom is -0.744 e. The van der Waals surface area contributed by atoms with E-state index >= 15 is 0 Å². The fourth-order valence-electron chi connectivity index (χ4n) is 1.50. The highest BCUT2D eigenvalue weighted by atomic mass is 32.2. The fourth-order valence-corrected chi connectivity index (χ4v) is 1.97. The maximum absolute atomic E-state index is 11.5. The summed E-state index contributed by atoms with van der Waals surface area (Å²) in [6.07, 6.45) is -0.336. The normalized spacial score (nSPS) is 15.5. The fraction of sp³-hybridized carbons (Fsp3) is 0.100. The second kappa shape index (κ2) is 4.44. The summed E-state index contributed by atoms with van der Waals surface area (Å²) in [6, 6.07) is 4.46. The molecule has 1 aliphatic rings. The zero-order chi connectivity index (χ0) is 14.2. The summed E-state index contributed by atoms with van der Waals surface area (Å²) in [6.45, 7) is 0. The third-order valence-electron chi connectivity index (χ3n) is 2.39. The van der Waals surface area contributed by atoms with Crippen LogP contribution in [0.5, 0.6) is 0 Å². The van der Waals surface area contributed by atoms with Crippen LogP contribution in [0.1, 0.15) is 6.42 Å². The Labute approximate surface area is 107 Å². The maximum atomic E-state index is 11.5. The van der Waals surface area contributed by atoms with Crippen molar-refractivity contribution in [2.24, 2.45) is 5.10 Å². The van der Waals surface area contributed by atoms with Crippen molar-refractivity contribution in [3.05, 3.63) is 24.3 Å². The number of carbonyl (C=O) groups excluding carboxylic acids is 1. The molecular weight excluding hydrogens is 276 g/mol. The minimum absolute atomic E-state index is 0.189. The predicted octanol–water partition coefficient (Wildman–Crippen LogP) is -0.232. The minimum atomic E-state index is -4.56. The number of nitrogens with zero attached hydrogens (tertiary/aromatic N) is 2. The molecule has 9 heteroatoms. The average Bonchev–Trinajstić information content (AvgIpc) is 2.70. The first kappa shape index (κ1) is 13.2. The monoisotopic (exact) mass is 283 g/mol. The molecule has 1 aromatic carbocycles. The summed E-state index contributed by atoms with van der Waals surface area (Å²) in [4.78, 5) is 21.8. The summed E-state index contributed by atoms with van der Waals surface area (Å²) in [7, 11) is -4.56. The topological polar surface area (TPSA) is 127 Å². The Morgan fingerprint density at radius 3 is 2.32 bits per heavy atom. The molecule has 0 bridgehead atoms. The quantitative estimate of drug-likeness (QED) is 0.763. The van der Waals surface area contributed by atoms with Crippen molar-refractivity contribution in [1.82, 2.24) is 0 Å². The number of hydrogen-bond donors (Lipinski definition) is 1. The van der Waals surface area contributed by atoms with Crippen LogP contribution < -0.4 is 5.01 Å². The van der Waals surface area contributed by atoms with Crippen LogP contribution in [-0.4, -0.2) is 35.7 Å². The molecule has 0 saturated carbocycles. The lowest BCUT2D eigenvalue weighted by atomic mass is 10.2. The van der Waals surface area contributed by atoms with Gasteiger partial charge in [-0.25, -0.2) is 13.2 Å². The van der Waals surface area contributed by atoms with Crippen molar-refractivity contribution in [2.75, 3.05) is 5.01 Å². The van der Waals surface area contributed by atoms with Gasteiger partial charge in [0.25, 0.3) is 5.91 Å². The number of rotatable bonds is 3. The average molecular weight is 283 g/mol. The van der Waals surface area contributed by atoms with Gasteiger partial charge in [0.15, 0.2) is 5.71 Å². The lowest BCUT2D eigenvalue weighted by Gasteiger charge is -2.13. The van der Waals surface area contributed by atoms with Gasteiger partial charge >= 0.3 is 5.97 Å². The zero-order valence-corrected chi connectivity index (χ0v) is 10.1. The number of anilines is 1. The largest absolute Gasteiger partial charge is 0.744 e. The summed E-state index contributed by atoms with van der Waals surface area (Å²) in [5, 5.41) is 13.2. The van der Waals surface area contributed by atoms with Crippen molar-refractivity contribution in [1.29, 1.82) is 0 Å². The number of aliphatic carboxylic acids is 1. The number of amides is 1. The third kappa shape index (κ3) is 2.61. The number of hydrazone groups is 1. The Kier molecular flexibility index (Phi) is 3.08. The lowest BCUT2D eigenvalue weighted by molar-refractivity contribution is -0.129. The van der Waals surface area contributed by atoms with Crippen LogP contribution in [0.4, 0.5) is 5.69 Å². The standard InChI is InChI=1S/C10H8N2O6S/c13-9-5-8(10(14)15)11-12(9)6-1-3-7(4-2-6)19(16,17)18/h1-4H,5H2,(H,14,15)(H,16,17,18)/p-1. The van der Waals surface area contributed by atoms with Gasteiger partial charge in [-0.3, -0.25) is 4.79 Å². The van der Waals surface area contributed by atoms with E-state index in [0.29, 0.717) is 0 Å². The summed E-state index contributed by atoms with van der Waals surface area (Å²) in [5.41, 5.74) is -0.112. The number of carbonyl (C=O) groups is 2. The summed E-state index contributed by atoms with van der Waals surface area (Å²) < 4.78 is 32.2. The highest BCUT2D eigenvalue weighted by Gasteiger charge is 2.29. The van der Waals surface area contributed by atoms with Gasteiger partial charge in [-0.05, 0) is 24.3 Å². The van der Waals surface area contributed by atoms with Crippen molar-refractivity contribution >= 4 is 33.4 Å². The predicted molar refractivity (Wildman–Crippen MR) is 61.6 cm³/mol. The summed E-state index contributed by atoms with van der Waals surface area (Å²) in [5.74, 6) is -1.84. The molecule has 0 fully saturated rings. The second-order valence-electron chi connectivity index (χ2n) is 3.68. The first-order valence-corrected chi connectivity index (χ1v) is 6.39. The van der Waals surface area contributed by atoms with Crippen LogP contribution in [0.15, 0.2) is 34.3 Å². The van der Waals surface area contributed by atoms with Crippen molar-refractivity contribution in [3.63, 3.8) is 0 Å². The molecule has 0 spiro atoms. The first-order valence-electron chi connectivity index (χ1n) is 4.99. The van der Waals surface area contributed by atoms with E-state index in [9.17, 15) is 22.6 Å². The Bertz CT molecular complexity index is 676. The lowest BCUT2D eigenvalue weighted by Crippen LogP contribution is -2.19. The molecule has 0 saturated heterocycles. The van der Waals surface area contributed by atoms with E-state index in [0.717, 1.165) is 17.1 Å². The zero-order valence-electron chi connectivity index (χ0n) is 9.31. The molecule has 0 unspecified atom stereocenters. The van der Waals surface area contributed by atoms with Gasteiger partial charge in [0.05, 0.1) is 17.0 Å².